The van der Waals surface area contributed by atoms with Crippen molar-refractivity contribution in [3.8, 4) is 0 Å². The fourth-order valence-corrected chi connectivity index (χ4v) is 2.93. The highest BCUT2D eigenvalue weighted by Crippen LogP contribution is 2.36. The molecule has 1 saturated carbocycles. The predicted molar refractivity (Wildman–Crippen MR) is 90.4 cm³/mol. The van der Waals surface area contributed by atoms with Gasteiger partial charge in [0.15, 0.2) is 0 Å². The van der Waals surface area contributed by atoms with Crippen LogP contribution < -0.4 is 16.0 Å². The van der Waals surface area contributed by atoms with Crippen molar-refractivity contribution in [2.45, 2.75) is 37.9 Å². The van der Waals surface area contributed by atoms with E-state index >= 15 is 0 Å². The molecule has 1 aliphatic heterocycles. The summed E-state index contributed by atoms with van der Waals surface area (Å²) < 4.78 is 39.6. The van der Waals surface area contributed by atoms with Crippen LogP contribution in [0.15, 0.2) is 24.4 Å². The molecule has 3 N–H and O–H groups in total. The summed E-state index contributed by atoms with van der Waals surface area (Å²) in [6, 6.07) is 5.24. The van der Waals surface area contributed by atoms with E-state index in [1.54, 1.807) is 18.2 Å². The molecular weight excluding hydrogens is 347 g/mol. The number of fused-ring (bicyclic) bond motifs is 1. The molecule has 2 aliphatic rings. The Kier molecular flexibility index (Phi) is 3.93. The van der Waals surface area contributed by atoms with Crippen LogP contribution in [-0.2, 0) is 17.4 Å². The summed E-state index contributed by atoms with van der Waals surface area (Å²) in [5, 5.41) is 8.48. The van der Waals surface area contributed by atoms with E-state index in [1.165, 1.54) is 0 Å². The van der Waals surface area contributed by atoms with E-state index in [4.69, 9.17) is 0 Å². The Morgan fingerprint density at radius 2 is 2.04 bits per heavy atom. The molecule has 1 fully saturated rings. The highest BCUT2D eigenvalue weighted by molar-refractivity contribution is 5.99. The third-order valence-electron chi connectivity index (χ3n) is 4.53. The van der Waals surface area contributed by atoms with Gasteiger partial charge in [0.2, 0.25) is 11.9 Å². The monoisotopic (exact) mass is 363 g/mol. The Balaban J connectivity index is 1.59. The van der Waals surface area contributed by atoms with E-state index in [2.05, 4.69) is 25.9 Å². The number of nitrogens with one attached hydrogen (secondary N) is 3. The van der Waals surface area contributed by atoms with Crippen LogP contribution in [0.3, 0.4) is 0 Å². The second-order valence-electron chi connectivity index (χ2n) is 6.45. The van der Waals surface area contributed by atoms with E-state index in [9.17, 15) is 18.0 Å². The maximum absolute atomic E-state index is 13.2. The zero-order valence-corrected chi connectivity index (χ0v) is 13.7. The minimum atomic E-state index is -4.53. The highest BCUT2D eigenvalue weighted by Gasteiger charge is 2.36. The second kappa shape index (κ2) is 6.15. The summed E-state index contributed by atoms with van der Waals surface area (Å²) in [5.74, 6) is -0.242. The molecule has 2 aromatic rings. The van der Waals surface area contributed by atoms with Crippen LogP contribution in [0.25, 0.3) is 0 Å². The van der Waals surface area contributed by atoms with Crippen LogP contribution in [0, 0.1) is 0 Å². The number of benzene rings is 1. The zero-order valence-electron chi connectivity index (χ0n) is 13.7. The summed E-state index contributed by atoms with van der Waals surface area (Å²) in [4.78, 5) is 19.2. The molecule has 4 rings (SSSR count). The molecule has 0 saturated heterocycles. The predicted octanol–water partition coefficient (Wildman–Crippen LogP) is 3.70. The Morgan fingerprint density at radius 1 is 1.23 bits per heavy atom. The first-order valence-electron chi connectivity index (χ1n) is 8.29. The van der Waals surface area contributed by atoms with Gasteiger partial charge < -0.3 is 16.0 Å². The number of hydrogen-bond donors (Lipinski definition) is 3. The van der Waals surface area contributed by atoms with Crippen molar-refractivity contribution in [2.75, 3.05) is 16.0 Å². The van der Waals surface area contributed by atoms with Crippen molar-refractivity contribution < 1.29 is 18.0 Å². The molecule has 0 bridgehead atoms. The SMILES string of the molecule is O=C1Cc2ccc(Nc3ncc(C(F)(F)F)c(NC4CCC4)n3)cc2N1. The maximum atomic E-state index is 13.2. The van der Waals surface area contributed by atoms with E-state index in [0.717, 1.165) is 31.0 Å². The molecular formula is C17H16F3N5O. The number of hydrogen-bond acceptors (Lipinski definition) is 5. The fourth-order valence-electron chi connectivity index (χ4n) is 2.93. The van der Waals surface area contributed by atoms with Gasteiger partial charge in [0.05, 0.1) is 6.42 Å². The van der Waals surface area contributed by atoms with E-state index < -0.39 is 11.7 Å². The quantitative estimate of drug-likeness (QED) is 0.772. The molecule has 0 radical (unpaired) electrons. The van der Waals surface area contributed by atoms with Gasteiger partial charge in [-0.25, -0.2) is 4.98 Å². The molecule has 1 aliphatic carbocycles. The van der Waals surface area contributed by atoms with Crippen LogP contribution in [-0.4, -0.2) is 21.9 Å². The molecule has 2 heterocycles. The summed E-state index contributed by atoms with van der Waals surface area (Å²) in [5.41, 5.74) is 1.26. The third-order valence-corrected chi connectivity index (χ3v) is 4.53. The maximum Gasteiger partial charge on any atom is 0.421 e. The van der Waals surface area contributed by atoms with Gasteiger partial charge in [-0.15, -0.1) is 0 Å². The van der Waals surface area contributed by atoms with Crippen molar-refractivity contribution in [3.63, 3.8) is 0 Å². The molecule has 0 spiro atoms. The molecule has 136 valence electrons. The van der Waals surface area contributed by atoms with Crippen molar-refractivity contribution in [1.82, 2.24) is 9.97 Å². The number of alkyl halides is 3. The van der Waals surface area contributed by atoms with Gasteiger partial charge >= 0.3 is 6.18 Å². The number of carbonyl (C=O) groups excluding carboxylic acids is 1. The number of nitrogens with zero attached hydrogens (tertiary/aromatic N) is 2. The van der Waals surface area contributed by atoms with Gasteiger partial charge in [0, 0.05) is 23.6 Å². The summed E-state index contributed by atoms with van der Waals surface area (Å²) in [6.45, 7) is 0. The van der Waals surface area contributed by atoms with Gasteiger partial charge in [-0.2, -0.15) is 18.2 Å². The van der Waals surface area contributed by atoms with Crippen molar-refractivity contribution >= 4 is 29.0 Å². The smallest absolute Gasteiger partial charge is 0.367 e. The summed E-state index contributed by atoms with van der Waals surface area (Å²) >= 11 is 0. The summed E-state index contributed by atoms with van der Waals surface area (Å²) in [7, 11) is 0. The minimum Gasteiger partial charge on any atom is -0.367 e. The van der Waals surface area contributed by atoms with Crippen LogP contribution in [0.2, 0.25) is 0 Å². The Morgan fingerprint density at radius 3 is 2.73 bits per heavy atom. The van der Waals surface area contributed by atoms with E-state index in [1.807, 2.05) is 0 Å². The number of halogens is 3. The normalized spacial score (nSPS) is 16.7. The average molecular weight is 363 g/mol. The largest absolute Gasteiger partial charge is 0.421 e. The van der Waals surface area contributed by atoms with Crippen LogP contribution in [0.1, 0.15) is 30.4 Å². The Bertz CT molecular complexity index is 864. The number of amides is 1. The highest BCUT2D eigenvalue weighted by atomic mass is 19.4. The second-order valence-corrected chi connectivity index (χ2v) is 6.45. The first-order valence-corrected chi connectivity index (χ1v) is 8.29. The molecule has 0 unspecified atom stereocenters. The van der Waals surface area contributed by atoms with Gasteiger partial charge in [0.1, 0.15) is 11.4 Å². The topological polar surface area (TPSA) is 78.9 Å². The zero-order chi connectivity index (χ0) is 18.3. The summed E-state index contributed by atoms with van der Waals surface area (Å²) in [6.07, 6.45) is -0.769. The lowest BCUT2D eigenvalue weighted by atomic mass is 9.93. The molecule has 9 heteroatoms. The van der Waals surface area contributed by atoms with Crippen molar-refractivity contribution in [1.29, 1.82) is 0 Å². The number of aromatic nitrogens is 2. The van der Waals surface area contributed by atoms with Crippen LogP contribution in [0.5, 0.6) is 0 Å². The lowest BCUT2D eigenvalue weighted by Gasteiger charge is -2.28. The fraction of sp³-hybridized carbons (Fsp3) is 0.353. The lowest BCUT2D eigenvalue weighted by Crippen LogP contribution is -2.29. The van der Waals surface area contributed by atoms with E-state index in [-0.39, 0.29) is 23.7 Å². The Labute approximate surface area is 147 Å². The van der Waals surface area contributed by atoms with Crippen LogP contribution >= 0.6 is 0 Å². The lowest BCUT2D eigenvalue weighted by molar-refractivity contribution is -0.137. The van der Waals surface area contributed by atoms with Gasteiger partial charge in [-0.3, -0.25) is 4.79 Å². The molecule has 6 nitrogen and oxygen atoms in total. The average Bonchev–Trinajstić information content (AvgIpc) is 2.89. The number of rotatable bonds is 4. The first-order chi connectivity index (χ1) is 12.4. The van der Waals surface area contributed by atoms with E-state index in [0.29, 0.717) is 17.8 Å². The first kappa shape index (κ1) is 16.6. The van der Waals surface area contributed by atoms with Crippen LogP contribution in [0.4, 0.5) is 36.3 Å². The minimum absolute atomic E-state index is 0.00839. The molecule has 1 amide bonds. The molecule has 0 atom stereocenters. The molecule has 1 aromatic carbocycles. The van der Waals surface area contributed by atoms with Crippen molar-refractivity contribution in [2.24, 2.45) is 0 Å². The third kappa shape index (κ3) is 3.29. The number of anilines is 4. The standard InChI is InChI=1S/C17H16F3N5O/c18-17(19,20)12-8-21-16(25-15(12)22-10-2-1-3-10)23-11-5-4-9-6-14(26)24-13(9)7-11/h4-5,7-8,10H,1-3,6H2,(H,24,26)(H2,21,22,23,25). The molecule has 1 aromatic heterocycles. The van der Waals surface area contributed by atoms with Gasteiger partial charge in [-0.1, -0.05) is 6.07 Å². The molecule has 26 heavy (non-hydrogen) atoms. The van der Waals surface area contributed by atoms with Gasteiger partial charge in [0.25, 0.3) is 0 Å². The Hall–Kier alpha value is -2.84. The van der Waals surface area contributed by atoms with Gasteiger partial charge in [-0.05, 0) is 37.0 Å². The van der Waals surface area contributed by atoms with Crippen molar-refractivity contribution in [3.05, 3.63) is 35.5 Å². The number of carbonyl (C=O) groups is 1.